The van der Waals surface area contributed by atoms with Gasteiger partial charge in [-0.3, -0.25) is 25.2 Å². The Morgan fingerprint density at radius 1 is 0.786 bits per heavy atom. The van der Waals surface area contributed by atoms with Crippen LogP contribution in [0.3, 0.4) is 0 Å². The maximum absolute atomic E-state index is 12.7. The largest absolute Gasteiger partial charge is 0.340 e. The van der Waals surface area contributed by atoms with Gasteiger partial charge in [0.1, 0.15) is 6.04 Å². The summed E-state index contributed by atoms with van der Waals surface area (Å²) >= 11 is 1.27. The maximum Gasteiger partial charge on any atom is 0.279 e. The van der Waals surface area contributed by atoms with Crippen molar-refractivity contribution in [3.8, 4) is 0 Å². The van der Waals surface area contributed by atoms with Crippen LogP contribution < -0.4 is 16.2 Å². The maximum atomic E-state index is 12.7. The van der Waals surface area contributed by atoms with Gasteiger partial charge in [-0.2, -0.15) is 0 Å². The molecule has 1 aromatic heterocycles. The fourth-order valence-electron chi connectivity index (χ4n) is 2.57. The summed E-state index contributed by atoms with van der Waals surface area (Å²) in [6.45, 7) is 0. The summed E-state index contributed by atoms with van der Waals surface area (Å²) in [6.07, 6.45) is 0.292. The fourth-order valence-corrected chi connectivity index (χ4v) is 3.18. The van der Waals surface area contributed by atoms with Crippen molar-refractivity contribution < 1.29 is 14.4 Å². The van der Waals surface area contributed by atoms with Crippen LogP contribution in [0, 0.1) is 0 Å². The molecule has 0 aliphatic rings. The Morgan fingerprint density at radius 2 is 1.46 bits per heavy atom. The van der Waals surface area contributed by atoms with Gasteiger partial charge in [-0.05, 0) is 29.1 Å². The van der Waals surface area contributed by atoms with Crippen LogP contribution in [0.15, 0.2) is 78.2 Å². The van der Waals surface area contributed by atoms with Gasteiger partial charge in [-0.15, -0.1) is 11.3 Å². The molecular formula is C21H19N3O3S. The second kappa shape index (κ2) is 9.48. The first-order chi connectivity index (χ1) is 13.6. The third kappa shape index (κ3) is 5.28. The third-order valence-electron chi connectivity index (χ3n) is 3.98. The SMILES string of the molecule is O=C(NC(Cc1ccccc1)C(=O)NNC(=O)c1cccs1)c1ccccc1. The molecule has 7 heteroatoms. The molecule has 3 N–H and O–H groups in total. The summed E-state index contributed by atoms with van der Waals surface area (Å²) in [5, 5.41) is 4.51. The highest BCUT2D eigenvalue weighted by molar-refractivity contribution is 7.12. The molecule has 1 heterocycles. The number of hydrogen-bond donors (Lipinski definition) is 3. The van der Waals surface area contributed by atoms with Gasteiger partial charge in [-0.1, -0.05) is 54.6 Å². The van der Waals surface area contributed by atoms with E-state index in [2.05, 4.69) is 16.2 Å². The monoisotopic (exact) mass is 393 g/mol. The Kier molecular flexibility index (Phi) is 6.54. The molecule has 0 spiro atoms. The van der Waals surface area contributed by atoms with E-state index >= 15 is 0 Å². The number of rotatable bonds is 6. The number of amides is 3. The van der Waals surface area contributed by atoms with Crippen LogP contribution in [0.25, 0.3) is 0 Å². The number of carbonyl (C=O) groups excluding carboxylic acids is 3. The molecule has 28 heavy (non-hydrogen) atoms. The summed E-state index contributed by atoms with van der Waals surface area (Å²) in [5.74, 6) is -1.27. The fraction of sp³-hybridized carbons (Fsp3) is 0.0952. The lowest BCUT2D eigenvalue weighted by atomic mass is 10.0. The van der Waals surface area contributed by atoms with Gasteiger partial charge in [0.2, 0.25) is 0 Å². The van der Waals surface area contributed by atoms with Crippen molar-refractivity contribution in [1.29, 1.82) is 0 Å². The predicted molar refractivity (Wildman–Crippen MR) is 108 cm³/mol. The average molecular weight is 393 g/mol. The van der Waals surface area contributed by atoms with Crippen molar-refractivity contribution in [3.63, 3.8) is 0 Å². The van der Waals surface area contributed by atoms with Crippen molar-refractivity contribution in [2.45, 2.75) is 12.5 Å². The van der Waals surface area contributed by atoms with E-state index < -0.39 is 17.9 Å². The minimum atomic E-state index is -0.848. The summed E-state index contributed by atoms with van der Waals surface area (Å²) in [7, 11) is 0. The number of hydrogen-bond acceptors (Lipinski definition) is 4. The zero-order valence-electron chi connectivity index (χ0n) is 14.9. The smallest absolute Gasteiger partial charge is 0.279 e. The molecule has 1 atom stereocenters. The Bertz CT molecular complexity index is 928. The lowest BCUT2D eigenvalue weighted by Crippen LogP contribution is -2.53. The number of carbonyl (C=O) groups is 3. The zero-order chi connectivity index (χ0) is 19.8. The molecule has 0 aliphatic carbocycles. The van der Waals surface area contributed by atoms with Gasteiger partial charge in [0.15, 0.2) is 0 Å². The van der Waals surface area contributed by atoms with E-state index in [1.165, 1.54) is 11.3 Å². The quantitative estimate of drug-likeness (QED) is 0.563. The van der Waals surface area contributed by atoms with Crippen LogP contribution in [-0.2, 0) is 11.2 Å². The van der Waals surface area contributed by atoms with Crippen molar-refractivity contribution in [2.75, 3.05) is 0 Å². The van der Waals surface area contributed by atoms with Gasteiger partial charge in [0, 0.05) is 12.0 Å². The van der Waals surface area contributed by atoms with Gasteiger partial charge < -0.3 is 5.32 Å². The Morgan fingerprint density at radius 3 is 2.11 bits per heavy atom. The molecule has 0 bridgehead atoms. The standard InChI is InChI=1S/C21H19N3O3S/c25-19(16-10-5-2-6-11-16)22-17(14-15-8-3-1-4-9-15)20(26)23-24-21(27)18-12-7-13-28-18/h1-13,17H,14H2,(H,22,25)(H,23,26)(H,24,27). The lowest BCUT2D eigenvalue weighted by molar-refractivity contribution is -0.123. The molecular weight excluding hydrogens is 374 g/mol. The molecule has 0 saturated heterocycles. The molecule has 0 aliphatic heterocycles. The normalized spacial score (nSPS) is 11.3. The Hall–Kier alpha value is -3.45. The minimum Gasteiger partial charge on any atom is -0.340 e. The second-order valence-electron chi connectivity index (χ2n) is 6.00. The van der Waals surface area contributed by atoms with Crippen LogP contribution in [-0.4, -0.2) is 23.8 Å². The van der Waals surface area contributed by atoms with E-state index in [4.69, 9.17) is 0 Å². The number of benzene rings is 2. The first-order valence-electron chi connectivity index (χ1n) is 8.67. The molecule has 0 fully saturated rings. The van der Waals surface area contributed by atoms with E-state index in [0.29, 0.717) is 16.9 Å². The lowest BCUT2D eigenvalue weighted by Gasteiger charge is -2.19. The summed E-state index contributed by atoms with van der Waals surface area (Å²) in [5.41, 5.74) is 6.13. The first-order valence-corrected chi connectivity index (χ1v) is 9.55. The van der Waals surface area contributed by atoms with Crippen LogP contribution in [0.4, 0.5) is 0 Å². The van der Waals surface area contributed by atoms with Crippen molar-refractivity contribution in [3.05, 3.63) is 94.2 Å². The zero-order valence-corrected chi connectivity index (χ0v) is 15.7. The van der Waals surface area contributed by atoms with E-state index in [-0.39, 0.29) is 5.91 Å². The van der Waals surface area contributed by atoms with Crippen LogP contribution in [0.5, 0.6) is 0 Å². The Balaban J connectivity index is 1.68. The van der Waals surface area contributed by atoms with Crippen molar-refractivity contribution >= 4 is 29.1 Å². The van der Waals surface area contributed by atoms with E-state index in [9.17, 15) is 14.4 Å². The molecule has 6 nitrogen and oxygen atoms in total. The molecule has 0 radical (unpaired) electrons. The minimum absolute atomic E-state index is 0.292. The first kappa shape index (κ1) is 19.3. The molecule has 0 saturated carbocycles. The average Bonchev–Trinajstić information content (AvgIpc) is 3.27. The molecule has 142 valence electrons. The third-order valence-corrected chi connectivity index (χ3v) is 4.85. The summed E-state index contributed by atoms with van der Waals surface area (Å²) in [4.78, 5) is 37.7. The summed E-state index contributed by atoms with van der Waals surface area (Å²) < 4.78 is 0. The van der Waals surface area contributed by atoms with E-state index in [1.807, 2.05) is 36.4 Å². The van der Waals surface area contributed by atoms with Crippen molar-refractivity contribution in [1.82, 2.24) is 16.2 Å². The van der Waals surface area contributed by atoms with Crippen LogP contribution in [0.1, 0.15) is 25.6 Å². The van der Waals surface area contributed by atoms with E-state index in [0.717, 1.165) is 5.56 Å². The van der Waals surface area contributed by atoms with Gasteiger partial charge in [-0.25, -0.2) is 0 Å². The molecule has 3 rings (SSSR count). The Labute approximate surface area is 166 Å². The molecule has 1 unspecified atom stereocenters. The van der Waals surface area contributed by atoms with Crippen molar-refractivity contribution in [2.24, 2.45) is 0 Å². The summed E-state index contributed by atoms with van der Waals surface area (Å²) in [6, 6.07) is 20.6. The topological polar surface area (TPSA) is 87.3 Å². The molecule has 3 aromatic rings. The molecule has 2 aromatic carbocycles. The van der Waals surface area contributed by atoms with Gasteiger partial charge in [0.25, 0.3) is 17.7 Å². The number of hydrazine groups is 1. The van der Waals surface area contributed by atoms with E-state index in [1.54, 1.807) is 41.8 Å². The second-order valence-corrected chi connectivity index (χ2v) is 6.95. The number of thiophene rings is 1. The predicted octanol–water partition coefficient (Wildman–Crippen LogP) is 2.55. The van der Waals surface area contributed by atoms with Crippen LogP contribution in [0.2, 0.25) is 0 Å². The van der Waals surface area contributed by atoms with Gasteiger partial charge >= 0.3 is 0 Å². The van der Waals surface area contributed by atoms with Gasteiger partial charge in [0.05, 0.1) is 4.88 Å². The highest BCUT2D eigenvalue weighted by Crippen LogP contribution is 2.08. The highest BCUT2D eigenvalue weighted by Gasteiger charge is 2.22. The highest BCUT2D eigenvalue weighted by atomic mass is 32.1. The molecule has 3 amide bonds. The van der Waals surface area contributed by atoms with Crippen LogP contribution >= 0.6 is 11.3 Å². The number of nitrogens with one attached hydrogen (secondary N) is 3.